The van der Waals surface area contributed by atoms with Crippen molar-refractivity contribution in [3.8, 4) is 0 Å². The summed E-state index contributed by atoms with van der Waals surface area (Å²) in [6.45, 7) is 20.4. The second-order valence-corrected chi connectivity index (χ2v) is 25.5. The molecule has 23 heavy (non-hydrogen) atoms. The second-order valence-electron chi connectivity index (χ2n) is 9.32. The Morgan fingerprint density at radius 3 is 1.48 bits per heavy atom. The zero-order valence-electron chi connectivity index (χ0n) is 16.4. The third-order valence-electron chi connectivity index (χ3n) is 3.17. The van der Waals surface area contributed by atoms with Crippen molar-refractivity contribution < 1.29 is 17.4 Å². The molecular formula is C14H36NO4PSi3. The van der Waals surface area contributed by atoms with Gasteiger partial charge in [-0.05, 0) is 84.9 Å². The van der Waals surface area contributed by atoms with Crippen molar-refractivity contribution in [3.63, 3.8) is 0 Å². The number of piperidine rings is 1. The van der Waals surface area contributed by atoms with E-state index in [1.807, 2.05) is 0 Å². The molecule has 5 nitrogen and oxygen atoms in total. The first-order chi connectivity index (χ1) is 10.1. The summed E-state index contributed by atoms with van der Waals surface area (Å²) in [4.78, 5) is 0. The highest BCUT2D eigenvalue weighted by Crippen LogP contribution is 2.67. The summed E-state index contributed by atoms with van der Waals surface area (Å²) in [6.07, 6.45) is 1.37. The van der Waals surface area contributed by atoms with Gasteiger partial charge in [-0.1, -0.05) is 0 Å². The number of hydrogen-bond acceptors (Lipinski definition) is 5. The second kappa shape index (κ2) is 7.15. The van der Waals surface area contributed by atoms with Crippen LogP contribution in [0.15, 0.2) is 0 Å². The largest absolute Gasteiger partial charge is 0.401 e. The fourth-order valence-electron chi connectivity index (χ4n) is 2.73. The van der Waals surface area contributed by atoms with Crippen LogP contribution in [0.1, 0.15) is 12.8 Å². The Kier molecular flexibility index (Phi) is 6.77. The predicted molar refractivity (Wildman–Crippen MR) is 106 cm³/mol. The number of nitrogens with one attached hydrogen (secondary N) is 1. The van der Waals surface area contributed by atoms with E-state index in [1.54, 1.807) is 0 Å². The summed E-state index contributed by atoms with van der Waals surface area (Å²) in [6, 6.07) is 0. The molecule has 9 heteroatoms. The smallest absolute Gasteiger partial charge is 0.341 e. The van der Waals surface area contributed by atoms with Gasteiger partial charge < -0.3 is 18.2 Å². The van der Waals surface area contributed by atoms with E-state index in [9.17, 15) is 4.57 Å². The first-order valence-corrected chi connectivity index (χ1v) is 20.3. The topological polar surface area (TPSA) is 56.8 Å². The molecule has 0 aromatic heterocycles. The molecule has 1 aliphatic heterocycles. The Morgan fingerprint density at radius 2 is 1.17 bits per heavy atom. The van der Waals surface area contributed by atoms with Gasteiger partial charge in [-0.2, -0.15) is 0 Å². The summed E-state index contributed by atoms with van der Waals surface area (Å²) in [5.74, 6) is 0. The van der Waals surface area contributed by atoms with Crippen LogP contribution < -0.4 is 5.32 Å². The number of rotatable bonds is 7. The van der Waals surface area contributed by atoms with Crippen LogP contribution in [0.25, 0.3) is 0 Å². The van der Waals surface area contributed by atoms with Crippen LogP contribution in [0.3, 0.4) is 0 Å². The Bertz CT molecular complexity index is 428. The fourth-order valence-corrected chi connectivity index (χ4v) is 13.7. The standard InChI is InChI=1S/C14H36NO4PSi3/c1-21(2,3)17-14(10-12-15-13-11-14)20(16,18-22(4,5)6)19-23(7,8)9/h15H,10-13H2,1-9H3. The van der Waals surface area contributed by atoms with E-state index in [0.29, 0.717) is 12.8 Å². The molecule has 138 valence electrons. The minimum Gasteiger partial charge on any atom is -0.401 e. The van der Waals surface area contributed by atoms with Crippen LogP contribution in [0.5, 0.6) is 0 Å². The lowest BCUT2D eigenvalue weighted by Crippen LogP contribution is -2.52. The van der Waals surface area contributed by atoms with E-state index >= 15 is 0 Å². The average Bonchev–Trinajstić information content (AvgIpc) is 2.21. The van der Waals surface area contributed by atoms with E-state index in [-0.39, 0.29) is 0 Å². The highest BCUT2D eigenvalue weighted by Gasteiger charge is 2.57. The summed E-state index contributed by atoms with van der Waals surface area (Å²) < 4.78 is 33.2. The van der Waals surface area contributed by atoms with Gasteiger partial charge >= 0.3 is 7.60 Å². The molecule has 1 aliphatic rings. The molecule has 0 spiro atoms. The third-order valence-corrected chi connectivity index (χ3v) is 12.2. The van der Waals surface area contributed by atoms with E-state index in [4.69, 9.17) is 12.9 Å². The minimum atomic E-state index is -3.37. The minimum absolute atomic E-state index is 0.684. The molecule has 0 aromatic carbocycles. The van der Waals surface area contributed by atoms with Crippen LogP contribution >= 0.6 is 7.60 Å². The van der Waals surface area contributed by atoms with Gasteiger partial charge in [-0.25, -0.2) is 0 Å². The normalized spacial score (nSPS) is 20.6. The molecule has 1 rings (SSSR count). The molecule has 1 heterocycles. The van der Waals surface area contributed by atoms with Gasteiger partial charge in [0.1, 0.15) is 0 Å². The summed E-state index contributed by atoms with van der Waals surface area (Å²) in [7, 11) is -9.38. The monoisotopic (exact) mass is 397 g/mol. The molecule has 0 amide bonds. The summed E-state index contributed by atoms with van der Waals surface area (Å²) >= 11 is 0. The van der Waals surface area contributed by atoms with Crippen molar-refractivity contribution >= 4 is 32.5 Å². The SMILES string of the molecule is C[Si](C)(C)OC1(P(=O)(O[Si](C)(C)C)O[Si](C)(C)C)CCNCC1. The van der Waals surface area contributed by atoms with E-state index in [1.165, 1.54) is 0 Å². The Balaban J connectivity index is 3.34. The van der Waals surface area contributed by atoms with Gasteiger partial charge in [0, 0.05) is 0 Å². The number of hydrogen-bond donors (Lipinski definition) is 1. The quantitative estimate of drug-likeness (QED) is 0.493. The van der Waals surface area contributed by atoms with Crippen molar-refractivity contribution in [2.45, 2.75) is 77.1 Å². The lowest BCUT2D eigenvalue weighted by Gasteiger charge is -2.48. The predicted octanol–water partition coefficient (Wildman–Crippen LogP) is 4.81. The van der Waals surface area contributed by atoms with Crippen molar-refractivity contribution in [1.82, 2.24) is 5.32 Å². The molecule has 0 aliphatic carbocycles. The van der Waals surface area contributed by atoms with Gasteiger partial charge in [0.2, 0.25) is 0 Å². The molecular weight excluding hydrogens is 361 g/mol. The Hall–Kier alpha value is 0.721. The molecule has 1 saturated heterocycles. The van der Waals surface area contributed by atoms with Crippen molar-refractivity contribution in [1.29, 1.82) is 0 Å². The highest BCUT2D eigenvalue weighted by atomic mass is 31.2. The van der Waals surface area contributed by atoms with E-state index < -0.39 is 37.9 Å². The lowest BCUT2D eigenvalue weighted by atomic mass is 10.1. The maximum absolute atomic E-state index is 14.1. The Morgan fingerprint density at radius 1 is 0.783 bits per heavy atom. The summed E-state index contributed by atoms with van der Waals surface area (Å²) in [5, 5.41) is 2.56. The van der Waals surface area contributed by atoms with Gasteiger partial charge in [0.15, 0.2) is 30.3 Å². The lowest BCUT2D eigenvalue weighted by molar-refractivity contribution is 0.0811. The first kappa shape index (κ1) is 21.8. The van der Waals surface area contributed by atoms with Crippen LogP contribution in [0, 0.1) is 0 Å². The molecule has 0 aromatic rings. The van der Waals surface area contributed by atoms with Crippen molar-refractivity contribution in [2.24, 2.45) is 0 Å². The van der Waals surface area contributed by atoms with Crippen LogP contribution in [0.4, 0.5) is 0 Å². The van der Waals surface area contributed by atoms with Crippen molar-refractivity contribution in [2.75, 3.05) is 13.1 Å². The van der Waals surface area contributed by atoms with Gasteiger partial charge in [0.05, 0.1) is 0 Å². The van der Waals surface area contributed by atoms with Crippen LogP contribution in [-0.4, -0.2) is 43.4 Å². The average molecular weight is 398 g/mol. The van der Waals surface area contributed by atoms with E-state index in [2.05, 4.69) is 64.2 Å². The maximum atomic E-state index is 14.1. The van der Waals surface area contributed by atoms with Gasteiger partial charge in [-0.15, -0.1) is 0 Å². The molecule has 0 bridgehead atoms. The molecule has 1 N–H and O–H groups in total. The zero-order valence-corrected chi connectivity index (χ0v) is 20.3. The zero-order chi connectivity index (χ0) is 18.2. The van der Waals surface area contributed by atoms with Gasteiger partial charge in [0.25, 0.3) is 0 Å². The third kappa shape index (κ3) is 6.86. The molecule has 0 unspecified atom stereocenters. The Labute approximate surface area is 145 Å². The molecule has 1 fully saturated rings. The van der Waals surface area contributed by atoms with Crippen molar-refractivity contribution in [3.05, 3.63) is 0 Å². The van der Waals surface area contributed by atoms with Crippen LogP contribution in [0.2, 0.25) is 58.9 Å². The molecule has 0 radical (unpaired) electrons. The maximum Gasteiger partial charge on any atom is 0.341 e. The summed E-state index contributed by atoms with van der Waals surface area (Å²) in [5.41, 5.74) is 0. The molecule has 0 saturated carbocycles. The van der Waals surface area contributed by atoms with Gasteiger partial charge in [-0.3, -0.25) is 4.57 Å². The van der Waals surface area contributed by atoms with E-state index in [0.717, 1.165) is 13.1 Å². The molecule has 0 atom stereocenters. The van der Waals surface area contributed by atoms with Crippen LogP contribution in [-0.2, 0) is 17.4 Å². The fraction of sp³-hybridized carbons (Fsp3) is 1.00. The first-order valence-electron chi connectivity index (χ1n) is 8.50. The highest BCUT2D eigenvalue weighted by molar-refractivity contribution is 7.58.